The third-order valence-corrected chi connectivity index (χ3v) is 7.56. The molecule has 3 aromatic rings. The van der Waals surface area contributed by atoms with E-state index in [2.05, 4.69) is 15.0 Å². The molecule has 7 nitrogen and oxygen atoms in total. The van der Waals surface area contributed by atoms with Crippen molar-refractivity contribution in [2.45, 2.75) is 11.4 Å². The predicted molar refractivity (Wildman–Crippen MR) is 110 cm³/mol. The largest absolute Gasteiger partial charge is 0.334 e. The van der Waals surface area contributed by atoms with Gasteiger partial charge in [-0.3, -0.25) is 4.90 Å². The van der Waals surface area contributed by atoms with Gasteiger partial charge in [-0.15, -0.1) is 0 Å². The summed E-state index contributed by atoms with van der Waals surface area (Å²) in [5.74, 6) is 1.03. The highest BCUT2D eigenvalue weighted by atomic mass is 35.5. The van der Waals surface area contributed by atoms with Gasteiger partial charge in [-0.2, -0.15) is 9.29 Å². The highest BCUT2D eigenvalue weighted by Crippen LogP contribution is 2.32. The fourth-order valence-electron chi connectivity index (χ4n) is 3.20. The number of hydrogen-bond donors (Lipinski definition) is 0. The average Bonchev–Trinajstić information content (AvgIpc) is 3.17. The van der Waals surface area contributed by atoms with Crippen LogP contribution in [0.4, 0.5) is 0 Å². The molecule has 1 aromatic heterocycles. The third-order valence-electron chi connectivity index (χ3n) is 4.70. The molecule has 1 fully saturated rings. The van der Waals surface area contributed by atoms with Crippen LogP contribution in [0.15, 0.2) is 57.9 Å². The van der Waals surface area contributed by atoms with Crippen molar-refractivity contribution in [1.82, 2.24) is 19.3 Å². The maximum atomic E-state index is 13.0. The smallest absolute Gasteiger partial charge is 0.257 e. The molecule has 1 aliphatic heterocycles. The van der Waals surface area contributed by atoms with Gasteiger partial charge in [-0.25, -0.2) is 8.42 Å². The molecule has 0 saturated carbocycles. The summed E-state index contributed by atoms with van der Waals surface area (Å²) < 4.78 is 32.6. The lowest BCUT2D eigenvalue weighted by molar-refractivity contribution is 0.176. The van der Waals surface area contributed by atoms with Crippen LogP contribution in [-0.2, 0) is 16.6 Å². The van der Waals surface area contributed by atoms with Gasteiger partial charge in [0.05, 0.1) is 16.6 Å². The van der Waals surface area contributed by atoms with Crippen LogP contribution in [0.5, 0.6) is 0 Å². The van der Waals surface area contributed by atoms with Crippen molar-refractivity contribution in [1.29, 1.82) is 0 Å². The standard InChI is InChI=1S/C19H18Cl2N4O3S/c20-15-7-4-8-16(21)18(15)29(26,27)25-11-9-24(10-12-25)13-17-22-19(28-23-17)14-5-2-1-3-6-14/h1-8H,9-13H2. The van der Waals surface area contributed by atoms with E-state index in [1.54, 1.807) is 6.07 Å². The molecule has 0 amide bonds. The van der Waals surface area contributed by atoms with Crippen LogP contribution >= 0.6 is 23.2 Å². The lowest BCUT2D eigenvalue weighted by atomic mass is 10.2. The van der Waals surface area contributed by atoms with Crippen molar-refractivity contribution in [2.75, 3.05) is 26.2 Å². The summed E-state index contributed by atoms with van der Waals surface area (Å²) in [6, 6.07) is 14.2. The molecule has 1 aliphatic rings. The monoisotopic (exact) mass is 452 g/mol. The number of sulfonamides is 1. The molecule has 0 spiro atoms. The number of aromatic nitrogens is 2. The van der Waals surface area contributed by atoms with Gasteiger partial charge in [0.2, 0.25) is 10.0 Å². The Balaban J connectivity index is 1.41. The Bertz CT molecular complexity index is 1080. The van der Waals surface area contributed by atoms with Gasteiger partial charge in [-0.1, -0.05) is 52.6 Å². The van der Waals surface area contributed by atoms with Crippen molar-refractivity contribution in [3.05, 3.63) is 64.4 Å². The van der Waals surface area contributed by atoms with E-state index in [1.807, 2.05) is 30.3 Å². The van der Waals surface area contributed by atoms with E-state index >= 15 is 0 Å². The second-order valence-electron chi connectivity index (χ2n) is 6.61. The Morgan fingerprint density at radius 2 is 1.59 bits per heavy atom. The Hall–Kier alpha value is -1.97. The lowest BCUT2D eigenvalue weighted by Crippen LogP contribution is -2.48. The Kier molecular flexibility index (Phi) is 5.89. The molecule has 0 radical (unpaired) electrons. The Morgan fingerprint density at radius 1 is 0.931 bits per heavy atom. The van der Waals surface area contributed by atoms with Gasteiger partial charge in [0.15, 0.2) is 5.82 Å². The normalized spacial score (nSPS) is 16.2. The summed E-state index contributed by atoms with van der Waals surface area (Å²) >= 11 is 12.2. The summed E-state index contributed by atoms with van der Waals surface area (Å²) in [7, 11) is -3.76. The van der Waals surface area contributed by atoms with Crippen molar-refractivity contribution >= 4 is 33.2 Å². The van der Waals surface area contributed by atoms with Crippen molar-refractivity contribution in [2.24, 2.45) is 0 Å². The average molecular weight is 453 g/mol. The maximum Gasteiger partial charge on any atom is 0.257 e. The minimum atomic E-state index is -3.76. The molecular weight excluding hydrogens is 435 g/mol. The summed E-state index contributed by atoms with van der Waals surface area (Å²) in [6.45, 7) is 2.21. The lowest BCUT2D eigenvalue weighted by Gasteiger charge is -2.33. The van der Waals surface area contributed by atoms with Crippen LogP contribution in [0.25, 0.3) is 11.5 Å². The van der Waals surface area contributed by atoms with E-state index in [9.17, 15) is 8.42 Å². The van der Waals surface area contributed by atoms with E-state index in [-0.39, 0.29) is 14.9 Å². The summed E-state index contributed by atoms with van der Waals surface area (Å²) in [5, 5.41) is 4.28. The zero-order chi connectivity index (χ0) is 20.4. The molecule has 0 atom stereocenters. The second-order valence-corrected chi connectivity index (χ2v) is 9.30. The van der Waals surface area contributed by atoms with Crippen LogP contribution in [-0.4, -0.2) is 53.9 Å². The minimum Gasteiger partial charge on any atom is -0.334 e. The van der Waals surface area contributed by atoms with Crippen molar-refractivity contribution in [3.63, 3.8) is 0 Å². The predicted octanol–water partition coefficient (Wildman–Crippen LogP) is 3.55. The van der Waals surface area contributed by atoms with Gasteiger partial charge in [0.25, 0.3) is 5.89 Å². The zero-order valence-electron chi connectivity index (χ0n) is 15.3. The number of piperazine rings is 1. The molecule has 29 heavy (non-hydrogen) atoms. The SMILES string of the molecule is O=S(=O)(c1c(Cl)cccc1Cl)N1CCN(Cc2noc(-c3ccccc3)n2)CC1. The van der Waals surface area contributed by atoms with Gasteiger partial charge >= 0.3 is 0 Å². The highest BCUT2D eigenvalue weighted by molar-refractivity contribution is 7.89. The number of benzene rings is 2. The van der Waals surface area contributed by atoms with Gasteiger partial charge in [0.1, 0.15) is 4.90 Å². The minimum absolute atomic E-state index is 0.0394. The first-order chi connectivity index (χ1) is 13.9. The Labute approximate surface area is 178 Å². The topological polar surface area (TPSA) is 79.5 Å². The Morgan fingerprint density at radius 3 is 2.24 bits per heavy atom. The summed E-state index contributed by atoms with van der Waals surface area (Å²) in [5.41, 5.74) is 0.860. The molecule has 0 aliphatic carbocycles. The number of nitrogens with zero attached hydrogens (tertiary/aromatic N) is 4. The van der Waals surface area contributed by atoms with E-state index < -0.39 is 10.0 Å². The molecule has 1 saturated heterocycles. The molecule has 2 heterocycles. The second kappa shape index (κ2) is 8.41. The van der Waals surface area contributed by atoms with Gasteiger partial charge in [0, 0.05) is 31.7 Å². The van der Waals surface area contributed by atoms with Crippen LogP contribution in [0.3, 0.4) is 0 Å². The van der Waals surface area contributed by atoms with E-state index in [1.165, 1.54) is 16.4 Å². The fraction of sp³-hybridized carbons (Fsp3) is 0.263. The molecule has 0 bridgehead atoms. The van der Waals surface area contributed by atoms with E-state index in [0.717, 1.165) is 5.56 Å². The highest BCUT2D eigenvalue weighted by Gasteiger charge is 2.32. The molecular formula is C19H18Cl2N4O3S. The number of rotatable bonds is 5. The zero-order valence-corrected chi connectivity index (χ0v) is 17.7. The summed E-state index contributed by atoms with van der Waals surface area (Å²) in [6.07, 6.45) is 0. The quantitative estimate of drug-likeness (QED) is 0.588. The van der Waals surface area contributed by atoms with Crippen LogP contribution in [0.2, 0.25) is 10.0 Å². The molecule has 0 N–H and O–H groups in total. The summed E-state index contributed by atoms with van der Waals surface area (Å²) in [4.78, 5) is 6.47. The fourth-order valence-corrected chi connectivity index (χ4v) is 5.72. The van der Waals surface area contributed by atoms with Crippen molar-refractivity contribution in [3.8, 4) is 11.5 Å². The molecule has 152 valence electrons. The van der Waals surface area contributed by atoms with E-state index in [0.29, 0.717) is 44.4 Å². The molecule has 10 heteroatoms. The van der Waals surface area contributed by atoms with Gasteiger partial charge in [-0.05, 0) is 24.3 Å². The van der Waals surface area contributed by atoms with Crippen LogP contribution in [0.1, 0.15) is 5.82 Å². The molecule has 0 unspecified atom stereocenters. The first kappa shape index (κ1) is 20.3. The first-order valence-corrected chi connectivity index (χ1v) is 11.2. The van der Waals surface area contributed by atoms with Crippen molar-refractivity contribution < 1.29 is 12.9 Å². The number of halogens is 2. The van der Waals surface area contributed by atoms with E-state index in [4.69, 9.17) is 27.7 Å². The third kappa shape index (κ3) is 4.31. The number of hydrogen-bond acceptors (Lipinski definition) is 6. The first-order valence-electron chi connectivity index (χ1n) is 8.99. The van der Waals surface area contributed by atoms with Crippen LogP contribution < -0.4 is 0 Å². The molecule has 2 aromatic carbocycles. The maximum absolute atomic E-state index is 13.0. The van der Waals surface area contributed by atoms with Crippen LogP contribution in [0, 0.1) is 0 Å². The molecule has 4 rings (SSSR count). The van der Waals surface area contributed by atoms with Gasteiger partial charge < -0.3 is 4.52 Å².